The highest BCUT2D eigenvalue weighted by atomic mass is 15.1. The largest absolute Gasteiger partial charge is 0.397 e. The first kappa shape index (κ1) is 11.8. The van der Waals surface area contributed by atoms with E-state index in [0.29, 0.717) is 11.5 Å². The van der Waals surface area contributed by atoms with E-state index in [1.807, 2.05) is 12.1 Å². The number of rotatable bonds is 1. The third-order valence-electron chi connectivity index (χ3n) is 3.83. The molecule has 1 heterocycles. The highest BCUT2D eigenvalue weighted by Crippen LogP contribution is 2.31. The Morgan fingerprint density at radius 2 is 2.12 bits per heavy atom. The van der Waals surface area contributed by atoms with Gasteiger partial charge in [-0.25, -0.2) is 0 Å². The van der Waals surface area contributed by atoms with Gasteiger partial charge in [-0.3, -0.25) is 0 Å². The van der Waals surface area contributed by atoms with E-state index in [4.69, 9.17) is 11.0 Å². The van der Waals surface area contributed by atoms with E-state index in [1.165, 1.54) is 6.42 Å². The molecule has 1 aliphatic heterocycles. The number of piperidine rings is 1. The van der Waals surface area contributed by atoms with Crippen molar-refractivity contribution < 1.29 is 0 Å². The van der Waals surface area contributed by atoms with E-state index in [-0.39, 0.29) is 0 Å². The van der Waals surface area contributed by atoms with Crippen LogP contribution < -0.4 is 10.6 Å². The van der Waals surface area contributed by atoms with Crippen LogP contribution in [0.5, 0.6) is 0 Å². The van der Waals surface area contributed by atoms with Crippen LogP contribution in [0.2, 0.25) is 0 Å². The number of hydrogen-bond donors (Lipinski definition) is 1. The van der Waals surface area contributed by atoms with Crippen LogP contribution in [0.1, 0.15) is 25.8 Å². The molecule has 2 atom stereocenters. The van der Waals surface area contributed by atoms with Crippen molar-refractivity contribution in [3.63, 3.8) is 0 Å². The lowest BCUT2D eigenvalue weighted by atomic mass is 9.88. The maximum Gasteiger partial charge on any atom is 0.0992 e. The topological polar surface area (TPSA) is 53.0 Å². The van der Waals surface area contributed by atoms with Crippen molar-refractivity contribution in [2.75, 3.05) is 23.7 Å². The number of nitrogens with two attached hydrogens (primary N) is 1. The molecular formula is C14H19N3. The molecule has 0 bridgehead atoms. The molecule has 1 aliphatic rings. The minimum absolute atomic E-state index is 0.675. The van der Waals surface area contributed by atoms with Gasteiger partial charge >= 0.3 is 0 Å². The fourth-order valence-corrected chi connectivity index (χ4v) is 2.37. The quantitative estimate of drug-likeness (QED) is 0.753. The Bertz CT molecular complexity index is 447. The Hall–Kier alpha value is -1.69. The summed E-state index contributed by atoms with van der Waals surface area (Å²) >= 11 is 0. The van der Waals surface area contributed by atoms with Crippen LogP contribution >= 0.6 is 0 Å². The fraction of sp³-hybridized carbons (Fsp3) is 0.500. The van der Waals surface area contributed by atoms with E-state index in [0.717, 1.165) is 30.4 Å². The van der Waals surface area contributed by atoms with Crippen LogP contribution in [0.25, 0.3) is 0 Å². The van der Waals surface area contributed by atoms with Crippen LogP contribution in [0, 0.1) is 23.2 Å². The molecule has 0 amide bonds. The van der Waals surface area contributed by atoms with Crippen molar-refractivity contribution in [1.29, 1.82) is 5.26 Å². The van der Waals surface area contributed by atoms with E-state index < -0.39 is 0 Å². The first-order chi connectivity index (χ1) is 8.11. The molecule has 2 N–H and O–H groups in total. The zero-order valence-corrected chi connectivity index (χ0v) is 10.5. The number of nitrogen functional groups attached to an aromatic ring is 1. The Morgan fingerprint density at radius 3 is 2.76 bits per heavy atom. The first-order valence-electron chi connectivity index (χ1n) is 6.16. The molecule has 0 spiro atoms. The number of nitrogens with zero attached hydrogens (tertiary/aromatic N) is 2. The van der Waals surface area contributed by atoms with Crippen molar-refractivity contribution in [1.82, 2.24) is 0 Å². The van der Waals surface area contributed by atoms with Crippen LogP contribution in [0.3, 0.4) is 0 Å². The molecule has 17 heavy (non-hydrogen) atoms. The van der Waals surface area contributed by atoms with E-state index in [9.17, 15) is 0 Å². The molecule has 0 aliphatic carbocycles. The summed E-state index contributed by atoms with van der Waals surface area (Å²) in [6, 6.07) is 7.67. The van der Waals surface area contributed by atoms with Gasteiger partial charge in [-0.1, -0.05) is 13.8 Å². The molecule has 90 valence electrons. The predicted molar refractivity (Wildman–Crippen MR) is 70.7 cm³/mol. The lowest BCUT2D eigenvalue weighted by molar-refractivity contribution is 0.324. The molecule has 1 fully saturated rings. The van der Waals surface area contributed by atoms with Crippen molar-refractivity contribution in [3.8, 4) is 6.07 Å². The minimum atomic E-state index is 0.675. The second kappa shape index (κ2) is 4.67. The van der Waals surface area contributed by atoms with Gasteiger partial charge in [0.15, 0.2) is 0 Å². The normalized spacial score (nSPS) is 24.4. The number of anilines is 2. The number of benzene rings is 1. The average Bonchev–Trinajstić information content (AvgIpc) is 2.33. The van der Waals surface area contributed by atoms with Gasteiger partial charge in [-0.2, -0.15) is 5.26 Å². The van der Waals surface area contributed by atoms with Crippen LogP contribution in [0.15, 0.2) is 18.2 Å². The first-order valence-corrected chi connectivity index (χ1v) is 6.16. The van der Waals surface area contributed by atoms with Crippen LogP contribution in [0.4, 0.5) is 11.4 Å². The molecule has 3 heteroatoms. The summed E-state index contributed by atoms with van der Waals surface area (Å²) in [6.45, 7) is 6.64. The molecular weight excluding hydrogens is 210 g/mol. The van der Waals surface area contributed by atoms with Gasteiger partial charge < -0.3 is 10.6 Å². The van der Waals surface area contributed by atoms with Crippen molar-refractivity contribution in [2.45, 2.75) is 20.3 Å². The summed E-state index contributed by atoms with van der Waals surface area (Å²) < 4.78 is 0. The van der Waals surface area contributed by atoms with Gasteiger partial charge in [0.1, 0.15) is 0 Å². The monoisotopic (exact) mass is 229 g/mol. The van der Waals surface area contributed by atoms with Gasteiger partial charge in [0.2, 0.25) is 0 Å². The average molecular weight is 229 g/mol. The molecule has 1 aromatic carbocycles. The second-order valence-electron chi connectivity index (χ2n) is 5.07. The summed E-state index contributed by atoms with van der Waals surface area (Å²) in [4.78, 5) is 2.31. The Labute approximate surface area is 103 Å². The number of hydrogen-bond acceptors (Lipinski definition) is 3. The van der Waals surface area contributed by atoms with Crippen molar-refractivity contribution in [2.24, 2.45) is 11.8 Å². The molecule has 0 saturated carbocycles. The van der Waals surface area contributed by atoms with Crippen molar-refractivity contribution >= 4 is 11.4 Å². The maximum absolute atomic E-state index is 8.94. The maximum atomic E-state index is 8.94. The summed E-state index contributed by atoms with van der Waals surface area (Å²) in [6.07, 6.45) is 1.19. The highest BCUT2D eigenvalue weighted by Gasteiger charge is 2.23. The molecule has 2 unspecified atom stereocenters. The summed E-state index contributed by atoms with van der Waals surface area (Å²) in [5, 5.41) is 8.94. The Balaban J connectivity index is 2.25. The van der Waals surface area contributed by atoms with Gasteiger partial charge in [0.25, 0.3) is 0 Å². The molecule has 3 nitrogen and oxygen atoms in total. The Kier molecular flexibility index (Phi) is 3.23. The minimum Gasteiger partial charge on any atom is -0.397 e. The SMILES string of the molecule is CC1CCN(c2cc(C#N)ccc2N)CC1C. The smallest absolute Gasteiger partial charge is 0.0992 e. The lowest BCUT2D eigenvalue weighted by Gasteiger charge is -2.37. The van der Waals surface area contributed by atoms with E-state index in [2.05, 4.69) is 24.8 Å². The van der Waals surface area contributed by atoms with Crippen LogP contribution in [-0.4, -0.2) is 13.1 Å². The Morgan fingerprint density at radius 1 is 1.35 bits per heavy atom. The van der Waals surface area contributed by atoms with Gasteiger partial charge in [-0.15, -0.1) is 0 Å². The molecule has 0 radical (unpaired) electrons. The highest BCUT2D eigenvalue weighted by molar-refractivity contribution is 5.69. The third-order valence-corrected chi connectivity index (χ3v) is 3.83. The second-order valence-corrected chi connectivity index (χ2v) is 5.07. The summed E-state index contributed by atoms with van der Waals surface area (Å²) in [7, 11) is 0. The van der Waals surface area contributed by atoms with Gasteiger partial charge in [-0.05, 0) is 36.5 Å². The predicted octanol–water partition coefficient (Wildman–Crippen LogP) is 2.62. The molecule has 1 saturated heterocycles. The molecule has 2 rings (SSSR count). The summed E-state index contributed by atoms with van der Waals surface area (Å²) in [5.74, 6) is 1.44. The van der Waals surface area contributed by atoms with Gasteiger partial charge in [0.05, 0.1) is 23.0 Å². The van der Waals surface area contributed by atoms with Crippen molar-refractivity contribution in [3.05, 3.63) is 23.8 Å². The van der Waals surface area contributed by atoms with E-state index in [1.54, 1.807) is 6.07 Å². The third kappa shape index (κ3) is 2.36. The molecule has 0 aromatic heterocycles. The number of nitriles is 1. The van der Waals surface area contributed by atoms with Gasteiger partial charge in [0, 0.05) is 13.1 Å². The zero-order chi connectivity index (χ0) is 12.4. The fourth-order valence-electron chi connectivity index (χ4n) is 2.37. The van der Waals surface area contributed by atoms with Crippen LogP contribution in [-0.2, 0) is 0 Å². The van der Waals surface area contributed by atoms with E-state index >= 15 is 0 Å². The standard InChI is InChI=1S/C14H19N3/c1-10-5-6-17(9-11(10)2)14-7-12(8-15)3-4-13(14)16/h3-4,7,10-11H,5-6,9,16H2,1-2H3. The molecule has 1 aromatic rings. The summed E-state index contributed by atoms with van der Waals surface area (Å²) in [5.41, 5.74) is 8.47. The lowest BCUT2D eigenvalue weighted by Crippen LogP contribution is -2.38. The zero-order valence-electron chi connectivity index (χ0n) is 10.5.